The van der Waals surface area contributed by atoms with E-state index in [0.717, 1.165) is 19.6 Å². The Bertz CT molecular complexity index is 501. The summed E-state index contributed by atoms with van der Waals surface area (Å²) in [5.74, 6) is 0.550. The van der Waals surface area contributed by atoms with Crippen LogP contribution < -0.4 is 5.32 Å². The Kier molecular flexibility index (Phi) is 4.69. The fraction of sp³-hybridized carbons (Fsp3) is 0.368. The molecule has 0 aliphatic carbocycles. The van der Waals surface area contributed by atoms with Gasteiger partial charge in [0.1, 0.15) is 0 Å². The van der Waals surface area contributed by atoms with E-state index in [1.807, 2.05) is 0 Å². The van der Waals surface area contributed by atoms with Gasteiger partial charge in [0.05, 0.1) is 12.6 Å². The summed E-state index contributed by atoms with van der Waals surface area (Å²) in [6.07, 6.45) is 1.08. The van der Waals surface area contributed by atoms with Crippen molar-refractivity contribution in [2.75, 3.05) is 13.2 Å². The first kappa shape index (κ1) is 14.3. The number of ether oxygens (including phenoxy) is 1. The van der Waals surface area contributed by atoms with Crippen molar-refractivity contribution >= 4 is 0 Å². The first-order valence-corrected chi connectivity index (χ1v) is 7.78. The number of rotatable bonds is 4. The van der Waals surface area contributed by atoms with Gasteiger partial charge in [0.25, 0.3) is 0 Å². The summed E-state index contributed by atoms with van der Waals surface area (Å²) < 4.78 is 5.56. The quantitative estimate of drug-likeness (QED) is 0.920. The molecule has 2 atom stereocenters. The minimum atomic E-state index is 0.248. The molecule has 1 N–H and O–H groups in total. The molecular formula is C19H23NO. The number of hydrogen-bond acceptors (Lipinski definition) is 2. The van der Waals surface area contributed by atoms with Crippen molar-refractivity contribution in [3.05, 3.63) is 71.8 Å². The summed E-state index contributed by atoms with van der Waals surface area (Å²) in [6, 6.07) is 22.2. The van der Waals surface area contributed by atoms with Crippen LogP contribution in [0, 0.1) is 5.92 Å². The molecule has 110 valence electrons. The minimum Gasteiger partial charge on any atom is -0.381 e. The lowest BCUT2D eigenvalue weighted by molar-refractivity contribution is 0.0370. The molecule has 0 saturated carbocycles. The van der Waals surface area contributed by atoms with Crippen LogP contribution in [0.2, 0.25) is 0 Å². The SMILES string of the molecule is CC1COCC[C@H]1NC(c1ccccc1)c1ccccc1. The summed E-state index contributed by atoms with van der Waals surface area (Å²) in [7, 11) is 0. The van der Waals surface area contributed by atoms with Gasteiger partial charge < -0.3 is 10.1 Å². The summed E-state index contributed by atoms with van der Waals surface area (Å²) >= 11 is 0. The average molecular weight is 281 g/mol. The maximum atomic E-state index is 5.56. The molecule has 0 radical (unpaired) electrons. The highest BCUT2D eigenvalue weighted by molar-refractivity contribution is 5.31. The highest BCUT2D eigenvalue weighted by Gasteiger charge is 2.25. The molecule has 2 aromatic rings. The number of benzene rings is 2. The van der Waals surface area contributed by atoms with Crippen molar-refractivity contribution in [3.63, 3.8) is 0 Å². The monoisotopic (exact) mass is 281 g/mol. The summed E-state index contributed by atoms with van der Waals surface area (Å²) in [6.45, 7) is 3.98. The summed E-state index contributed by atoms with van der Waals surface area (Å²) in [5, 5.41) is 3.86. The molecule has 1 fully saturated rings. The van der Waals surface area contributed by atoms with Gasteiger partial charge in [0.2, 0.25) is 0 Å². The van der Waals surface area contributed by atoms with Crippen LogP contribution >= 0.6 is 0 Å². The summed E-state index contributed by atoms with van der Waals surface area (Å²) in [4.78, 5) is 0. The van der Waals surface area contributed by atoms with Gasteiger partial charge in [0.15, 0.2) is 0 Å². The van der Waals surface area contributed by atoms with Crippen LogP contribution in [0.4, 0.5) is 0 Å². The number of hydrogen-bond donors (Lipinski definition) is 1. The third kappa shape index (κ3) is 3.52. The smallest absolute Gasteiger partial charge is 0.0578 e. The molecule has 2 aromatic carbocycles. The molecule has 1 heterocycles. The Morgan fingerprint density at radius 1 is 0.952 bits per heavy atom. The molecule has 1 saturated heterocycles. The lowest BCUT2D eigenvalue weighted by atomic mass is 9.92. The van der Waals surface area contributed by atoms with Gasteiger partial charge in [-0.25, -0.2) is 0 Å². The van der Waals surface area contributed by atoms with E-state index in [1.54, 1.807) is 0 Å². The van der Waals surface area contributed by atoms with Crippen LogP contribution in [-0.4, -0.2) is 19.3 Å². The van der Waals surface area contributed by atoms with Crippen LogP contribution in [0.25, 0.3) is 0 Å². The first-order valence-electron chi connectivity index (χ1n) is 7.78. The standard InChI is InChI=1S/C19H23NO/c1-15-14-21-13-12-18(15)20-19(16-8-4-2-5-9-16)17-10-6-3-7-11-17/h2-11,15,18-20H,12-14H2,1H3/t15?,18-/m1/s1. The molecule has 1 aliphatic heterocycles. The van der Waals surface area contributed by atoms with Gasteiger partial charge in [-0.2, -0.15) is 0 Å². The third-order valence-electron chi connectivity index (χ3n) is 4.29. The van der Waals surface area contributed by atoms with Crippen LogP contribution in [0.1, 0.15) is 30.5 Å². The van der Waals surface area contributed by atoms with Crippen LogP contribution in [0.15, 0.2) is 60.7 Å². The maximum absolute atomic E-state index is 5.56. The fourth-order valence-electron chi connectivity index (χ4n) is 3.02. The zero-order chi connectivity index (χ0) is 14.5. The van der Waals surface area contributed by atoms with Crippen molar-refractivity contribution in [2.45, 2.75) is 25.4 Å². The summed E-state index contributed by atoms with van der Waals surface area (Å²) in [5.41, 5.74) is 2.64. The molecule has 0 amide bonds. The van der Waals surface area contributed by atoms with Crippen molar-refractivity contribution in [1.82, 2.24) is 5.32 Å². The predicted octanol–water partition coefficient (Wildman–Crippen LogP) is 3.79. The second kappa shape index (κ2) is 6.88. The minimum absolute atomic E-state index is 0.248. The van der Waals surface area contributed by atoms with E-state index in [-0.39, 0.29) is 6.04 Å². The Morgan fingerprint density at radius 2 is 1.52 bits per heavy atom. The molecule has 0 bridgehead atoms. The predicted molar refractivity (Wildman–Crippen MR) is 86.3 cm³/mol. The van der Waals surface area contributed by atoms with Crippen LogP contribution in [-0.2, 0) is 4.74 Å². The van der Waals surface area contributed by atoms with Gasteiger partial charge in [0, 0.05) is 12.6 Å². The molecule has 1 aliphatic rings. The average Bonchev–Trinajstić information content (AvgIpc) is 2.56. The lowest BCUT2D eigenvalue weighted by Gasteiger charge is -2.33. The second-order valence-electron chi connectivity index (χ2n) is 5.87. The van der Waals surface area contributed by atoms with Gasteiger partial charge in [-0.3, -0.25) is 0 Å². The lowest BCUT2D eigenvalue weighted by Crippen LogP contribution is -2.43. The normalized spacial score (nSPS) is 22.4. The van der Waals surface area contributed by atoms with E-state index in [0.29, 0.717) is 12.0 Å². The van der Waals surface area contributed by atoms with Crippen LogP contribution in [0.3, 0.4) is 0 Å². The highest BCUT2D eigenvalue weighted by atomic mass is 16.5. The van der Waals surface area contributed by atoms with E-state index in [4.69, 9.17) is 4.74 Å². The van der Waals surface area contributed by atoms with Crippen LogP contribution in [0.5, 0.6) is 0 Å². The largest absolute Gasteiger partial charge is 0.381 e. The Morgan fingerprint density at radius 3 is 2.05 bits per heavy atom. The second-order valence-corrected chi connectivity index (χ2v) is 5.87. The molecule has 0 spiro atoms. The fourth-order valence-corrected chi connectivity index (χ4v) is 3.02. The van der Waals surface area contributed by atoms with E-state index in [9.17, 15) is 0 Å². The Labute approximate surface area is 127 Å². The van der Waals surface area contributed by atoms with Crippen molar-refractivity contribution < 1.29 is 4.74 Å². The Balaban J connectivity index is 1.86. The van der Waals surface area contributed by atoms with Crippen molar-refractivity contribution in [3.8, 4) is 0 Å². The zero-order valence-corrected chi connectivity index (χ0v) is 12.5. The number of nitrogens with one attached hydrogen (secondary N) is 1. The maximum Gasteiger partial charge on any atom is 0.0578 e. The van der Waals surface area contributed by atoms with Gasteiger partial charge in [-0.05, 0) is 23.5 Å². The molecule has 2 heteroatoms. The van der Waals surface area contributed by atoms with E-state index in [1.165, 1.54) is 11.1 Å². The zero-order valence-electron chi connectivity index (χ0n) is 12.5. The van der Waals surface area contributed by atoms with E-state index in [2.05, 4.69) is 72.9 Å². The Hall–Kier alpha value is -1.64. The van der Waals surface area contributed by atoms with Crippen molar-refractivity contribution in [2.24, 2.45) is 5.92 Å². The van der Waals surface area contributed by atoms with E-state index < -0.39 is 0 Å². The van der Waals surface area contributed by atoms with Crippen molar-refractivity contribution in [1.29, 1.82) is 0 Å². The molecular weight excluding hydrogens is 258 g/mol. The van der Waals surface area contributed by atoms with E-state index >= 15 is 0 Å². The topological polar surface area (TPSA) is 21.3 Å². The third-order valence-corrected chi connectivity index (χ3v) is 4.29. The highest BCUT2D eigenvalue weighted by Crippen LogP contribution is 2.25. The molecule has 1 unspecified atom stereocenters. The van der Waals surface area contributed by atoms with Gasteiger partial charge in [-0.15, -0.1) is 0 Å². The molecule has 0 aromatic heterocycles. The van der Waals surface area contributed by atoms with Gasteiger partial charge >= 0.3 is 0 Å². The molecule has 21 heavy (non-hydrogen) atoms. The molecule has 2 nitrogen and oxygen atoms in total. The first-order chi connectivity index (χ1) is 10.3. The van der Waals surface area contributed by atoms with Gasteiger partial charge in [-0.1, -0.05) is 67.6 Å². The molecule has 3 rings (SSSR count).